The Morgan fingerprint density at radius 1 is 1.35 bits per heavy atom. The number of aromatic nitrogens is 4. The number of para-hydroxylation sites is 1. The zero-order valence-corrected chi connectivity index (χ0v) is 11.7. The van der Waals surface area contributed by atoms with Gasteiger partial charge in [0.2, 0.25) is 5.95 Å². The van der Waals surface area contributed by atoms with Gasteiger partial charge in [-0.2, -0.15) is 4.68 Å². The summed E-state index contributed by atoms with van der Waals surface area (Å²) in [5.41, 5.74) is -0.0275. The van der Waals surface area contributed by atoms with Crippen LogP contribution in [0.15, 0.2) is 30.3 Å². The molecule has 0 fully saturated rings. The number of tetrazole rings is 1. The van der Waals surface area contributed by atoms with Gasteiger partial charge in [0.15, 0.2) is 0 Å². The highest BCUT2D eigenvalue weighted by atomic mass is 16.5. The predicted molar refractivity (Wildman–Crippen MR) is 74.8 cm³/mol. The molecule has 0 aliphatic carbocycles. The first kappa shape index (κ1) is 14.4. The van der Waals surface area contributed by atoms with Crippen molar-refractivity contribution in [3.8, 4) is 5.69 Å². The molecule has 0 spiro atoms. The molecule has 0 bridgehead atoms. The number of ether oxygens (including phenoxy) is 1. The molecule has 1 atom stereocenters. The van der Waals surface area contributed by atoms with E-state index in [1.54, 1.807) is 18.7 Å². The third kappa shape index (κ3) is 3.75. The number of nitrogens with zero attached hydrogens (tertiary/aromatic N) is 4. The normalized spacial score (nSPS) is 13.9. The van der Waals surface area contributed by atoms with Crippen LogP contribution in [0.4, 0.5) is 5.95 Å². The van der Waals surface area contributed by atoms with E-state index in [0.717, 1.165) is 5.69 Å². The summed E-state index contributed by atoms with van der Waals surface area (Å²) in [6.45, 7) is 2.58. The van der Waals surface area contributed by atoms with Crippen LogP contribution in [0, 0.1) is 0 Å². The van der Waals surface area contributed by atoms with Crippen molar-refractivity contribution in [1.82, 2.24) is 20.2 Å². The average molecular weight is 277 g/mol. The maximum atomic E-state index is 10.2. The molecule has 2 aromatic rings. The molecule has 0 radical (unpaired) electrons. The van der Waals surface area contributed by atoms with Gasteiger partial charge in [-0.3, -0.25) is 0 Å². The molecular weight excluding hydrogens is 258 g/mol. The van der Waals surface area contributed by atoms with Crippen LogP contribution in [-0.4, -0.2) is 51.2 Å². The van der Waals surface area contributed by atoms with E-state index >= 15 is 0 Å². The average Bonchev–Trinajstić information content (AvgIpc) is 2.93. The second-order valence-electron chi connectivity index (χ2n) is 4.84. The lowest BCUT2D eigenvalue weighted by molar-refractivity contribution is 0.0356. The van der Waals surface area contributed by atoms with Gasteiger partial charge in [0.1, 0.15) is 0 Å². The summed E-state index contributed by atoms with van der Waals surface area (Å²) in [6.07, 6.45) is 0.531. The Kier molecular flexibility index (Phi) is 4.65. The zero-order valence-electron chi connectivity index (χ0n) is 11.7. The number of methoxy groups -OCH3 is 1. The highest BCUT2D eigenvalue weighted by molar-refractivity contribution is 5.38. The fraction of sp³-hybridized carbons (Fsp3) is 0.462. The molecule has 7 nitrogen and oxygen atoms in total. The van der Waals surface area contributed by atoms with Crippen LogP contribution in [0.1, 0.15) is 13.3 Å². The van der Waals surface area contributed by atoms with Crippen molar-refractivity contribution in [2.45, 2.75) is 18.9 Å². The molecule has 20 heavy (non-hydrogen) atoms. The lowest BCUT2D eigenvalue weighted by atomic mass is 10.0. The van der Waals surface area contributed by atoms with Crippen LogP contribution in [0.2, 0.25) is 0 Å². The van der Waals surface area contributed by atoms with Crippen molar-refractivity contribution in [2.75, 3.05) is 25.6 Å². The lowest BCUT2D eigenvalue weighted by Crippen LogP contribution is -2.35. The summed E-state index contributed by atoms with van der Waals surface area (Å²) in [6, 6.07) is 9.57. The zero-order chi connectivity index (χ0) is 14.4. The van der Waals surface area contributed by atoms with Gasteiger partial charge in [-0.1, -0.05) is 23.3 Å². The van der Waals surface area contributed by atoms with Crippen LogP contribution < -0.4 is 5.32 Å². The molecule has 1 unspecified atom stereocenters. The molecule has 7 heteroatoms. The third-order valence-corrected chi connectivity index (χ3v) is 2.94. The molecule has 0 saturated carbocycles. The Morgan fingerprint density at radius 3 is 2.80 bits per heavy atom. The minimum Gasteiger partial charge on any atom is -0.388 e. The van der Waals surface area contributed by atoms with Gasteiger partial charge in [-0.25, -0.2) is 0 Å². The monoisotopic (exact) mass is 277 g/mol. The standard InChI is InChI=1S/C13H19N5O2/c1-13(19,8-9-20-2)10-14-12-15-16-17-18(12)11-6-4-3-5-7-11/h3-7,19H,8-10H2,1-2H3,(H,14,15,17). The summed E-state index contributed by atoms with van der Waals surface area (Å²) in [4.78, 5) is 0. The first-order chi connectivity index (χ1) is 9.62. The van der Waals surface area contributed by atoms with E-state index in [1.165, 1.54) is 0 Å². The maximum absolute atomic E-state index is 10.2. The van der Waals surface area contributed by atoms with Crippen LogP contribution in [0.3, 0.4) is 0 Å². The molecule has 0 aliphatic rings. The number of aliphatic hydroxyl groups is 1. The van der Waals surface area contributed by atoms with Crippen molar-refractivity contribution in [3.63, 3.8) is 0 Å². The van der Waals surface area contributed by atoms with Crippen molar-refractivity contribution in [1.29, 1.82) is 0 Å². The molecule has 108 valence electrons. The highest BCUT2D eigenvalue weighted by Crippen LogP contribution is 2.14. The molecule has 0 saturated heterocycles. The summed E-state index contributed by atoms with van der Waals surface area (Å²) < 4.78 is 6.56. The number of benzene rings is 1. The van der Waals surface area contributed by atoms with Crippen LogP contribution in [0.25, 0.3) is 5.69 Å². The molecule has 0 amide bonds. The minimum atomic E-state index is -0.885. The van der Waals surface area contributed by atoms with E-state index in [4.69, 9.17) is 4.74 Å². The third-order valence-electron chi connectivity index (χ3n) is 2.94. The highest BCUT2D eigenvalue weighted by Gasteiger charge is 2.21. The second-order valence-corrected chi connectivity index (χ2v) is 4.84. The number of anilines is 1. The van der Waals surface area contributed by atoms with Gasteiger partial charge in [0.25, 0.3) is 0 Å². The van der Waals surface area contributed by atoms with E-state index in [9.17, 15) is 5.11 Å². The largest absolute Gasteiger partial charge is 0.388 e. The smallest absolute Gasteiger partial charge is 0.247 e. The van der Waals surface area contributed by atoms with E-state index in [-0.39, 0.29) is 0 Å². The minimum absolute atomic E-state index is 0.337. The summed E-state index contributed by atoms with van der Waals surface area (Å²) in [5, 5.41) is 24.8. The van der Waals surface area contributed by atoms with Gasteiger partial charge in [0, 0.05) is 26.7 Å². The fourth-order valence-corrected chi connectivity index (χ4v) is 1.72. The van der Waals surface area contributed by atoms with Gasteiger partial charge >= 0.3 is 0 Å². The lowest BCUT2D eigenvalue weighted by Gasteiger charge is -2.23. The molecule has 0 aliphatic heterocycles. The molecule has 1 heterocycles. The predicted octanol–water partition coefficient (Wildman–Crippen LogP) is 0.862. The van der Waals surface area contributed by atoms with E-state index in [2.05, 4.69) is 20.8 Å². The first-order valence-corrected chi connectivity index (χ1v) is 6.41. The Hall–Kier alpha value is -1.99. The molecular formula is C13H19N5O2. The molecule has 1 aromatic carbocycles. The molecule has 2 rings (SSSR count). The second kappa shape index (κ2) is 6.44. The van der Waals surface area contributed by atoms with Gasteiger partial charge in [-0.15, -0.1) is 0 Å². The summed E-state index contributed by atoms with van der Waals surface area (Å²) in [5.74, 6) is 0.494. The Labute approximate surface area is 117 Å². The Morgan fingerprint density at radius 2 is 2.10 bits per heavy atom. The Bertz CT molecular complexity index is 527. The van der Waals surface area contributed by atoms with E-state index < -0.39 is 5.60 Å². The molecule has 2 N–H and O–H groups in total. The quantitative estimate of drug-likeness (QED) is 0.781. The number of hydrogen-bond acceptors (Lipinski definition) is 6. The van der Waals surface area contributed by atoms with Crippen LogP contribution in [0.5, 0.6) is 0 Å². The van der Waals surface area contributed by atoms with Gasteiger partial charge in [0.05, 0.1) is 11.3 Å². The van der Waals surface area contributed by atoms with Gasteiger partial charge < -0.3 is 15.2 Å². The maximum Gasteiger partial charge on any atom is 0.247 e. The molecule has 1 aromatic heterocycles. The topological polar surface area (TPSA) is 85.1 Å². The van der Waals surface area contributed by atoms with Crippen molar-refractivity contribution < 1.29 is 9.84 Å². The number of nitrogens with one attached hydrogen (secondary N) is 1. The SMILES string of the molecule is COCCC(C)(O)CNc1nnnn1-c1ccccc1. The van der Waals surface area contributed by atoms with Crippen LogP contribution >= 0.6 is 0 Å². The summed E-state index contributed by atoms with van der Waals surface area (Å²) >= 11 is 0. The van der Waals surface area contributed by atoms with E-state index in [0.29, 0.717) is 25.5 Å². The fourth-order valence-electron chi connectivity index (χ4n) is 1.72. The van der Waals surface area contributed by atoms with Crippen molar-refractivity contribution >= 4 is 5.95 Å². The van der Waals surface area contributed by atoms with Crippen molar-refractivity contribution in [2.24, 2.45) is 0 Å². The Balaban J connectivity index is 2.03. The number of hydrogen-bond donors (Lipinski definition) is 2. The van der Waals surface area contributed by atoms with Crippen LogP contribution in [-0.2, 0) is 4.74 Å². The first-order valence-electron chi connectivity index (χ1n) is 6.41. The summed E-state index contributed by atoms with van der Waals surface area (Å²) in [7, 11) is 1.61. The van der Waals surface area contributed by atoms with E-state index in [1.807, 2.05) is 30.3 Å². The number of rotatable bonds is 7. The van der Waals surface area contributed by atoms with Crippen molar-refractivity contribution in [3.05, 3.63) is 30.3 Å². The van der Waals surface area contributed by atoms with Gasteiger partial charge in [-0.05, 0) is 29.5 Å².